The molecule has 2 aromatic carbocycles. The number of hydrogen-bond acceptors (Lipinski definition) is 0. The lowest BCUT2D eigenvalue weighted by atomic mass is 10.0. The fraction of sp³-hybridized carbons (Fsp3) is 0. The van der Waals surface area contributed by atoms with Crippen molar-refractivity contribution in [3.8, 4) is 23.5 Å². The smallest absolute Gasteiger partial charge is 0.0321 e. The summed E-state index contributed by atoms with van der Waals surface area (Å²) >= 11 is 0. The zero-order valence-corrected chi connectivity index (χ0v) is 7.70. The van der Waals surface area contributed by atoms with Crippen molar-refractivity contribution < 1.29 is 0 Å². The number of rotatable bonds is 1. The lowest BCUT2D eigenvalue weighted by molar-refractivity contribution is 1.58. The van der Waals surface area contributed by atoms with Gasteiger partial charge in [-0.25, -0.2) is 0 Å². The van der Waals surface area contributed by atoms with Crippen LogP contribution in [0.4, 0.5) is 0 Å². The fourth-order valence-electron chi connectivity index (χ4n) is 1.40. The highest BCUT2D eigenvalue weighted by atomic mass is 14.0. The third-order valence-electron chi connectivity index (χ3n) is 2.08. The molecule has 0 spiro atoms. The van der Waals surface area contributed by atoms with E-state index in [-0.39, 0.29) is 0 Å². The molecule has 0 aliphatic rings. The van der Waals surface area contributed by atoms with Gasteiger partial charge >= 0.3 is 0 Å². The van der Waals surface area contributed by atoms with Crippen molar-refractivity contribution in [2.45, 2.75) is 0 Å². The monoisotopic (exact) mass is 177 g/mol. The van der Waals surface area contributed by atoms with E-state index in [2.05, 4.69) is 12.0 Å². The van der Waals surface area contributed by atoms with Crippen molar-refractivity contribution in [1.82, 2.24) is 0 Å². The van der Waals surface area contributed by atoms with Crippen molar-refractivity contribution in [2.75, 3.05) is 0 Å². The molecule has 0 unspecified atom stereocenters. The van der Waals surface area contributed by atoms with Crippen molar-refractivity contribution in [2.24, 2.45) is 0 Å². The van der Waals surface area contributed by atoms with E-state index in [9.17, 15) is 0 Å². The summed E-state index contributed by atoms with van der Waals surface area (Å²) in [5.41, 5.74) is 3.02. The maximum Gasteiger partial charge on any atom is 0.0321 e. The summed E-state index contributed by atoms with van der Waals surface area (Å²) in [5.74, 6) is 2.67. The molecule has 0 heterocycles. The van der Waals surface area contributed by atoms with Gasteiger partial charge in [0.05, 0.1) is 0 Å². The maximum absolute atomic E-state index is 5.42. The third kappa shape index (κ3) is 1.53. The molecule has 0 amide bonds. The molecule has 0 atom stereocenters. The summed E-state index contributed by atoms with van der Waals surface area (Å²) in [6, 6.07) is 18.9. The number of hydrogen-bond donors (Lipinski definition) is 0. The quantitative estimate of drug-likeness (QED) is 0.587. The van der Waals surface area contributed by atoms with E-state index >= 15 is 0 Å². The molecule has 0 aliphatic heterocycles. The molecule has 0 aliphatic carbocycles. The van der Waals surface area contributed by atoms with Crippen LogP contribution >= 0.6 is 0 Å². The molecule has 2 rings (SSSR count). The van der Waals surface area contributed by atoms with Gasteiger partial charge < -0.3 is 0 Å². The molecule has 2 aromatic rings. The zero-order valence-electron chi connectivity index (χ0n) is 7.70. The number of benzene rings is 2. The van der Waals surface area contributed by atoms with Gasteiger partial charge in [0.25, 0.3) is 0 Å². The van der Waals surface area contributed by atoms with Gasteiger partial charge in [0.1, 0.15) is 0 Å². The van der Waals surface area contributed by atoms with Crippen LogP contribution in [0.3, 0.4) is 0 Å². The van der Waals surface area contributed by atoms with Gasteiger partial charge in [0.2, 0.25) is 0 Å². The standard InChI is InChI=1S/C14H9/c1-2-12-8-6-7-11-14(12)13-9-4-3-5-10-13/h1,3-9,11H. The van der Waals surface area contributed by atoms with Crippen LogP contribution in [0, 0.1) is 18.4 Å². The first-order valence-corrected chi connectivity index (χ1v) is 4.44. The van der Waals surface area contributed by atoms with Crippen molar-refractivity contribution in [1.29, 1.82) is 0 Å². The van der Waals surface area contributed by atoms with Crippen LogP contribution in [-0.2, 0) is 0 Å². The van der Waals surface area contributed by atoms with E-state index in [1.807, 2.05) is 48.5 Å². The van der Waals surface area contributed by atoms with Gasteiger partial charge in [-0.2, -0.15) is 0 Å². The van der Waals surface area contributed by atoms with Crippen molar-refractivity contribution in [3.05, 3.63) is 60.2 Å². The molecule has 0 N–H and O–H groups in total. The minimum absolute atomic E-state index is 0.912. The molecule has 14 heavy (non-hydrogen) atoms. The zero-order chi connectivity index (χ0) is 9.80. The van der Waals surface area contributed by atoms with E-state index in [0.717, 1.165) is 16.7 Å². The lowest BCUT2D eigenvalue weighted by Gasteiger charge is -2.03. The second-order valence-electron chi connectivity index (χ2n) is 2.97. The minimum Gasteiger partial charge on any atom is -0.115 e. The van der Waals surface area contributed by atoms with E-state index < -0.39 is 0 Å². The Bertz CT molecular complexity index is 461. The molecule has 0 bridgehead atoms. The topological polar surface area (TPSA) is 0 Å². The fourth-order valence-corrected chi connectivity index (χ4v) is 1.40. The SMILES string of the molecule is C#Cc1ccccc1-c1[c]cccc1. The molecule has 0 nitrogen and oxygen atoms in total. The first kappa shape index (κ1) is 8.59. The Hall–Kier alpha value is -2.00. The average molecular weight is 177 g/mol. The van der Waals surface area contributed by atoms with Crippen molar-refractivity contribution in [3.63, 3.8) is 0 Å². The van der Waals surface area contributed by atoms with Crippen LogP contribution in [0.5, 0.6) is 0 Å². The van der Waals surface area contributed by atoms with E-state index in [0.29, 0.717) is 0 Å². The third-order valence-corrected chi connectivity index (χ3v) is 2.08. The molecule has 0 heteroatoms. The van der Waals surface area contributed by atoms with Gasteiger partial charge in [-0.15, -0.1) is 6.42 Å². The normalized spacial score (nSPS) is 9.36. The Labute approximate surface area is 84.2 Å². The van der Waals surface area contributed by atoms with E-state index in [1.54, 1.807) is 0 Å². The van der Waals surface area contributed by atoms with Crippen LogP contribution in [0.2, 0.25) is 0 Å². The predicted molar refractivity (Wildman–Crippen MR) is 58.6 cm³/mol. The first-order chi connectivity index (χ1) is 6.92. The summed E-state index contributed by atoms with van der Waals surface area (Å²) in [6.45, 7) is 0. The Morgan fingerprint density at radius 1 is 1.00 bits per heavy atom. The van der Waals surface area contributed by atoms with Gasteiger partial charge in [-0.3, -0.25) is 0 Å². The van der Waals surface area contributed by atoms with Crippen LogP contribution in [0.25, 0.3) is 11.1 Å². The van der Waals surface area contributed by atoms with Crippen LogP contribution in [0.1, 0.15) is 5.56 Å². The highest BCUT2D eigenvalue weighted by molar-refractivity contribution is 5.70. The Morgan fingerprint density at radius 3 is 2.50 bits per heavy atom. The highest BCUT2D eigenvalue weighted by Crippen LogP contribution is 2.21. The summed E-state index contributed by atoms with van der Waals surface area (Å²) < 4.78 is 0. The van der Waals surface area contributed by atoms with E-state index in [4.69, 9.17) is 6.42 Å². The Kier molecular flexibility index (Phi) is 2.34. The molecular formula is C14H9. The molecule has 1 radical (unpaired) electrons. The molecule has 0 aromatic heterocycles. The Balaban J connectivity index is 2.58. The summed E-state index contributed by atoms with van der Waals surface area (Å²) in [5, 5.41) is 0. The summed E-state index contributed by atoms with van der Waals surface area (Å²) in [6.07, 6.45) is 5.42. The first-order valence-electron chi connectivity index (χ1n) is 4.44. The molecule has 0 saturated carbocycles. The van der Waals surface area contributed by atoms with Crippen LogP contribution < -0.4 is 0 Å². The van der Waals surface area contributed by atoms with Crippen molar-refractivity contribution >= 4 is 0 Å². The largest absolute Gasteiger partial charge is 0.115 e. The summed E-state index contributed by atoms with van der Waals surface area (Å²) in [7, 11) is 0. The second kappa shape index (κ2) is 3.81. The van der Waals surface area contributed by atoms with E-state index in [1.165, 1.54) is 0 Å². The summed E-state index contributed by atoms with van der Waals surface area (Å²) in [4.78, 5) is 0. The average Bonchev–Trinajstić information content (AvgIpc) is 2.30. The predicted octanol–water partition coefficient (Wildman–Crippen LogP) is 3.14. The van der Waals surface area contributed by atoms with Crippen LogP contribution in [0.15, 0.2) is 48.5 Å². The molecule has 0 fully saturated rings. The lowest BCUT2D eigenvalue weighted by Crippen LogP contribution is -1.82. The Morgan fingerprint density at radius 2 is 1.79 bits per heavy atom. The van der Waals surface area contributed by atoms with Gasteiger partial charge in [0, 0.05) is 5.56 Å². The molecule has 0 saturated heterocycles. The number of terminal acetylenes is 1. The molecule has 65 valence electrons. The maximum atomic E-state index is 5.42. The van der Waals surface area contributed by atoms with Gasteiger partial charge in [0.15, 0.2) is 0 Å². The molecular weight excluding hydrogens is 168 g/mol. The highest BCUT2D eigenvalue weighted by Gasteiger charge is 2.00. The second-order valence-corrected chi connectivity index (χ2v) is 2.97. The van der Waals surface area contributed by atoms with Crippen LogP contribution in [-0.4, -0.2) is 0 Å². The van der Waals surface area contributed by atoms with Gasteiger partial charge in [-0.05, 0) is 23.3 Å². The van der Waals surface area contributed by atoms with Gasteiger partial charge in [-0.1, -0.05) is 48.4 Å². The minimum atomic E-state index is 0.912.